The van der Waals surface area contributed by atoms with Crippen molar-refractivity contribution in [1.29, 1.82) is 0 Å². The standard InChI is InChI=1S/C18H21N3O3/c1-12-3-8-16(24-2)14(9-12)10-17(22)20-11-13-4-6-15(7-5-13)21-18(19)23/h3-9H,10-11H2,1-2H3,(H,20,22)(H3,19,21,23). The van der Waals surface area contributed by atoms with Crippen molar-refractivity contribution < 1.29 is 14.3 Å². The van der Waals surface area contributed by atoms with Crippen LogP contribution in [-0.4, -0.2) is 19.0 Å². The van der Waals surface area contributed by atoms with Gasteiger partial charge in [0.1, 0.15) is 5.75 Å². The third-order valence-electron chi connectivity index (χ3n) is 3.50. The van der Waals surface area contributed by atoms with Gasteiger partial charge in [-0.1, -0.05) is 29.8 Å². The summed E-state index contributed by atoms with van der Waals surface area (Å²) >= 11 is 0. The molecule has 126 valence electrons. The highest BCUT2D eigenvalue weighted by atomic mass is 16.5. The van der Waals surface area contributed by atoms with Gasteiger partial charge in [0, 0.05) is 17.8 Å². The summed E-state index contributed by atoms with van der Waals surface area (Å²) in [6.07, 6.45) is 0.256. The second-order valence-corrected chi connectivity index (χ2v) is 5.45. The van der Waals surface area contributed by atoms with Gasteiger partial charge in [-0.25, -0.2) is 4.79 Å². The molecule has 24 heavy (non-hydrogen) atoms. The highest BCUT2D eigenvalue weighted by molar-refractivity contribution is 5.87. The van der Waals surface area contributed by atoms with Crippen LogP contribution in [0.2, 0.25) is 0 Å². The number of anilines is 1. The number of rotatable bonds is 6. The Hall–Kier alpha value is -3.02. The Kier molecular flexibility index (Phi) is 5.78. The van der Waals surface area contributed by atoms with Crippen LogP contribution in [0.1, 0.15) is 16.7 Å². The monoisotopic (exact) mass is 327 g/mol. The van der Waals surface area contributed by atoms with Crippen LogP contribution in [0.15, 0.2) is 42.5 Å². The van der Waals surface area contributed by atoms with E-state index in [0.717, 1.165) is 16.7 Å². The molecule has 2 aromatic carbocycles. The number of ether oxygens (including phenoxy) is 1. The van der Waals surface area contributed by atoms with Gasteiger partial charge in [0.2, 0.25) is 5.91 Å². The average Bonchev–Trinajstić information content (AvgIpc) is 2.54. The summed E-state index contributed by atoms with van der Waals surface area (Å²) in [5.74, 6) is 0.621. The molecule has 3 amide bonds. The van der Waals surface area contributed by atoms with Crippen LogP contribution in [0.3, 0.4) is 0 Å². The number of aryl methyl sites for hydroxylation is 1. The molecule has 0 aromatic heterocycles. The largest absolute Gasteiger partial charge is 0.496 e. The molecule has 0 bridgehead atoms. The summed E-state index contributed by atoms with van der Waals surface area (Å²) in [6.45, 7) is 2.38. The zero-order chi connectivity index (χ0) is 17.5. The van der Waals surface area contributed by atoms with Crippen LogP contribution in [0.4, 0.5) is 10.5 Å². The number of nitrogens with two attached hydrogens (primary N) is 1. The highest BCUT2D eigenvalue weighted by Gasteiger charge is 2.09. The molecule has 0 aliphatic rings. The summed E-state index contributed by atoms with van der Waals surface area (Å²) in [6, 6.07) is 12.2. The highest BCUT2D eigenvalue weighted by Crippen LogP contribution is 2.20. The van der Waals surface area contributed by atoms with E-state index in [4.69, 9.17) is 10.5 Å². The smallest absolute Gasteiger partial charge is 0.316 e. The number of urea groups is 1. The molecule has 6 nitrogen and oxygen atoms in total. The Morgan fingerprint density at radius 3 is 2.46 bits per heavy atom. The fourth-order valence-corrected chi connectivity index (χ4v) is 2.33. The summed E-state index contributed by atoms with van der Waals surface area (Å²) in [5.41, 5.74) is 8.53. The van der Waals surface area contributed by atoms with Gasteiger partial charge < -0.3 is 21.1 Å². The summed E-state index contributed by atoms with van der Waals surface area (Å²) in [7, 11) is 1.59. The van der Waals surface area contributed by atoms with Crippen LogP contribution >= 0.6 is 0 Å². The minimum absolute atomic E-state index is 0.0850. The van der Waals surface area contributed by atoms with Crippen LogP contribution in [0.25, 0.3) is 0 Å². The molecule has 0 atom stereocenters. The Labute approximate surface area is 141 Å². The zero-order valence-corrected chi connectivity index (χ0v) is 13.8. The second kappa shape index (κ2) is 8.01. The van der Waals surface area contributed by atoms with E-state index < -0.39 is 6.03 Å². The van der Waals surface area contributed by atoms with Gasteiger partial charge in [0.25, 0.3) is 0 Å². The number of carbonyl (C=O) groups is 2. The molecule has 2 rings (SSSR count). The predicted octanol–water partition coefficient (Wildman–Crippen LogP) is 2.35. The third-order valence-corrected chi connectivity index (χ3v) is 3.50. The normalized spacial score (nSPS) is 10.1. The summed E-state index contributed by atoms with van der Waals surface area (Å²) < 4.78 is 5.28. The van der Waals surface area contributed by atoms with E-state index in [1.165, 1.54) is 0 Å². The van der Waals surface area contributed by atoms with E-state index >= 15 is 0 Å². The number of methoxy groups -OCH3 is 1. The molecule has 0 fully saturated rings. The lowest BCUT2D eigenvalue weighted by Gasteiger charge is -2.10. The van der Waals surface area contributed by atoms with Crippen molar-refractivity contribution in [2.24, 2.45) is 5.73 Å². The fourth-order valence-electron chi connectivity index (χ4n) is 2.33. The number of amides is 3. The zero-order valence-electron chi connectivity index (χ0n) is 13.8. The molecular weight excluding hydrogens is 306 g/mol. The first-order valence-electron chi connectivity index (χ1n) is 7.53. The van der Waals surface area contributed by atoms with E-state index in [2.05, 4.69) is 10.6 Å². The molecule has 0 aliphatic carbocycles. The van der Waals surface area contributed by atoms with Crippen molar-refractivity contribution in [3.63, 3.8) is 0 Å². The quantitative estimate of drug-likeness (QED) is 0.760. The lowest BCUT2D eigenvalue weighted by Crippen LogP contribution is -2.24. The molecule has 4 N–H and O–H groups in total. The van der Waals surface area contributed by atoms with Gasteiger partial charge in [0.15, 0.2) is 0 Å². The van der Waals surface area contributed by atoms with Crippen molar-refractivity contribution >= 4 is 17.6 Å². The summed E-state index contributed by atoms with van der Waals surface area (Å²) in [5, 5.41) is 5.36. The predicted molar refractivity (Wildman–Crippen MR) is 92.9 cm³/mol. The van der Waals surface area contributed by atoms with Crippen molar-refractivity contribution in [3.8, 4) is 5.75 Å². The lowest BCUT2D eigenvalue weighted by atomic mass is 10.1. The van der Waals surface area contributed by atoms with Gasteiger partial charge in [-0.3, -0.25) is 4.79 Å². The first-order chi connectivity index (χ1) is 11.5. The summed E-state index contributed by atoms with van der Waals surface area (Å²) in [4.78, 5) is 22.9. The number of primary amides is 1. The Bertz CT molecular complexity index is 727. The number of nitrogens with one attached hydrogen (secondary N) is 2. The SMILES string of the molecule is COc1ccc(C)cc1CC(=O)NCc1ccc(NC(N)=O)cc1. The third kappa shape index (κ3) is 5.01. The number of hydrogen-bond donors (Lipinski definition) is 3. The van der Waals surface area contributed by atoms with E-state index in [0.29, 0.717) is 18.0 Å². The van der Waals surface area contributed by atoms with E-state index in [1.54, 1.807) is 19.2 Å². The van der Waals surface area contributed by atoms with Crippen molar-refractivity contribution in [3.05, 3.63) is 59.2 Å². The van der Waals surface area contributed by atoms with E-state index in [9.17, 15) is 9.59 Å². The number of benzene rings is 2. The minimum atomic E-state index is -0.608. The van der Waals surface area contributed by atoms with Crippen LogP contribution in [-0.2, 0) is 17.8 Å². The fraction of sp³-hybridized carbons (Fsp3) is 0.222. The Balaban J connectivity index is 1.91. The first kappa shape index (κ1) is 17.3. The molecule has 0 heterocycles. The van der Waals surface area contributed by atoms with Crippen molar-refractivity contribution in [2.75, 3.05) is 12.4 Å². The van der Waals surface area contributed by atoms with Crippen molar-refractivity contribution in [2.45, 2.75) is 19.9 Å². The minimum Gasteiger partial charge on any atom is -0.496 e. The van der Waals surface area contributed by atoms with Gasteiger partial charge in [-0.2, -0.15) is 0 Å². The molecule has 0 aliphatic heterocycles. The lowest BCUT2D eigenvalue weighted by molar-refractivity contribution is -0.120. The van der Waals surface area contributed by atoms with Gasteiger partial charge >= 0.3 is 6.03 Å². The molecule has 6 heteroatoms. The van der Waals surface area contributed by atoms with E-state index in [-0.39, 0.29) is 12.3 Å². The van der Waals surface area contributed by atoms with Crippen LogP contribution in [0, 0.1) is 6.92 Å². The maximum absolute atomic E-state index is 12.1. The molecular formula is C18H21N3O3. The van der Waals surface area contributed by atoms with E-state index in [1.807, 2.05) is 37.3 Å². The van der Waals surface area contributed by atoms with Gasteiger partial charge in [-0.05, 0) is 30.7 Å². The maximum atomic E-state index is 12.1. The first-order valence-corrected chi connectivity index (χ1v) is 7.53. The Morgan fingerprint density at radius 2 is 1.83 bits per heavy atom. The Morgan fingerprint density at radius 1 is 1.12 bits per heavy atom. The van der Waals surface area contributed by atoms with Crippen LogP contribution < -0.4 is 21.1 Å². The van der Waals surface area contributed by atoms with Gasteiger partial charge in [0.05, 0.1) is 13.5 Å². The molecule has 2 aromatic rings. The molecule has 0 saturated carbocycles. The number of carbonyl (C=O) groups excluding carboxylic acids is 2. The average molecular weight is 327 g/mol. The van der Waals surface area contributed by atoms with Crippen molar-refractivity contribution in [1.82, 2.24) is 5.32 Å². The van der Waals surface area contributed by atoms with Crippen LogP contribution in [0.5, 0.6) is 5.75 Å². The molecule has 0 spiro atoms. The second-order valence-electron chi connectivity index (χ2n) is 5.45. The number of hydrogen-bond acceptors (Lipinski definition) is 3. The van der Waals surface area contributed by atoms with Gasteiger partial charge in [-0.15, -0.1) is 0 Å². The topological polar surface area (TPSA) is 93.4 Å². The molecule has 0 radical (unpaired) electrons. The molecule has 0 unspecified atom stereocenters. The molecule has 0 saturated heterocycles. The maximum Gasteiger partial charge on any atom is 0.316 e.